The Balaban J connectivity index is 1.60. The number of nitrogens with one attached hydrogen (secondary N) is 1. The van der Waals surface area contributed by atoms with Gasteiger partial charge in [-0.1, -0.05) is 25.3 Å². The molecule has 1 aliphatic carbocycles. The van der Waals surface area contributed by atoms with Crippen LogP contribution in [0, 0.1) is 0 Å². The van der Waals surface area contributed by atoms with Crippen LogP contribution in [-0.4, -0.2) is 81.5 Å². The van der Waals surface area contributed by atoms with E-state index in [1.807, 2.05) is 30.3 Å². The second-order valence-electron chi connectivity index (χ2n) is 11.3. The van der Waals surface area contributed by atoms with Gasteiger partial charge in [0.05, 0.1) is 32.6 Å². The summed E-state index contributed by atoms with van der Waals surface area (Å²) in [7, 11) is 0.552. The molecule has 6 rings (SSSR count). The van der Waals surface area contributed by atoms with Crippen molar-refractivity contribution < 1.29 is 30.2 Å². The number of amides is 2. The number of hydrogen-bond acceptors (Lipinski definition) is 6. The Bertz CT molecular complexity index is 1810. The third-order valence-electron chi connectivity index (χ3n) is 8.66. The van der Waals surface area contributed by atoms with E-state index in [1.165, 1.54) is 7.05 Å². The summed E-state index contributed by atoms with van der Waals surface area (Å²) >= 11 is 0. The van der Waals surface area contributed by atoms with Crippen molar-refractivity contribution in [3.8, 4) is 17.0 Å². The Morgan fingerprint density at radius 3 is 2.58 bits per heavy atom. The van der Waals surface area contributed by atoms with Crippen molar-refractivity contribution >= 4 is 39.0 Å². The first kappa shape index (κ1) is 26.9. The highest BCUT2D eigenvalue weighted by Gasteiger charge is 2.31. The fourth-order valence-corrected chi connectivity index (χ4v) is 7.07. The third kappa shape index (κ3) is 5.57. The van der Waals surface area contributed by atoms with Crippen molar-refractivity contribution in [3.05, 3.63) is 58.7 Å². The second-order valence-corrected chi connectivity index (χ2v) is 13.1. The van der Waals surface area contributed by atoms with Gasteiger partial charge < -0.3 is 18.9 Å². The van der Waals surface area contributed by atoms with E-state index in [4.69, 9.17) is 12.2 Å². The van der Waals surface area contributed by atoms with Gasteiger partial charge in [0.2, 0.25) is 0 Å². The van der Waals surface area contributed by atoms with Gasteiger partial charge in [-0.25, -0.2) is 4.72 Å². The fourth-order valence-electron chi connectivity index (χ4n) is 6.25. The Morgan fingerprint density at radius 2 is 1.81 bits per heavy atom. The van der Waals surface area contributed by atoms with Crippen molar-refractivity contribution in [2.45, 2.75) is 44.5 Å². The average molecular weight is 609 g/mol. The van der Waals surface area contributed by atoms with Crippen LogP contribution in [0.5, 0.6) is 5.75 Å². The molecule has 43 heavy (non-hydrogen) atoms. The van der Waals surface area contributed by atoms with Crippen LogP contribution in [0.1, 0.15) is 62.2 Å². The fraction of sp³-hybridized carbons (Fsp3) is 0.438. The number of aromatic nitrogens is 1. The van der Waals surface area contributed by atoms with Gasteiger partial charge in [-0.15, -0.1) is 0 Å². The molecule has 0 radical (unpaired) electrons. The van der Waals surface area contributed by atoms with Gasteiger partial charge in [-0.3, -0.25) is 9.59 Å². The molecular weight excluding hydrogens is 568 g/mol. The predicted octanol–water partition coefficient (Wildman–Crippen LogP) is 4.16. The van der Waals surface area contributed by atoms with Crippen molar-refractivity contribution in [2.75, 3.05) is 47.5 Å². The summed E-state index contributed by atoms with van der Waals surface area (Å²) in [4.78, 5) is 28.9. The molecule has 1 aromatic heterocycles. The van der Waals surface area contributed by atoms with Crippen LogP contribution in [0.3, 0.4) is 0 Å². The Hall–Kier alpha value is -3.67. The van der Waals surface area contributed by atoms with Gasteiger partial charge in [0.1, 0.15) is 5.75 Å². The van der Waals surface area contributed by atoms with Crippen LogP contribution < -0.4 is 9.46 Å². The normalized spacial score (nSPS) is 22.3. The highest BCUT2D eigenvalue weighted by atomic mass is 32.2. The van der Waals surface area contributed by atoms with E-state index in [0.29, 0.717) is 49.1 Å². The number of benzene rings is 2. The van der Waals surface area contributed by atoms with Gasteiger partial charge in [0.15, 0.2) is 0 Å². The Labute approximate surface area is 255 Å². The lowest BCUT2D eigenvalue weighted by Crippen LogP contribution is -2.42. The summed E-state index contributed by atoms with van der Waals surface area (Å²) in [6.45, 7) is 0.840. The number of ether oxygens (including phenoxy) is 2. The lowest BCUT2D eigenvalue weighted by Gasteiger charge is -2.24. The molecule has 0 unspecified atom stereocenters. The minimum Gasteiger partial charge on any atom is -0.497 e. The summed E-state index contributed by atoms with van der Waals surface area (Å²) in [6, 6.07) is 10.9. The van der Waals surface area contributed by atoms with Crippen molar-refractivity contribution in [2.24, 2.45) is 0 Å². The number of carbonyl (C=O) groups is 2. The van der Waals surface area contributed by atoms with Crippen LogP contribution in [0.25, 0.3) is 28.2 Å². The number of nitrogens with zero attached hydrogens (tertiary/aromatic N) is 3. The van der Waals surface area contributed by atoms with Gasteiger partial charge in [0.25, 0.3) is 11.8 Å². The molecular formula is C32H38N4O6S. The standard InChI is InChI=1S/C32H38N4O6S/c1-34-13-15-42-16-14-35(2)43(39,40)33-31(37)22-9-11-27-28(19-22)36-20-24(32(34)38)17-23-18-25(41-3)10-12-26(23)30(36)29(27)21-7-5-4-6-8-21/h9-12,17-19,21H,4-8,13-16,20H2,1-3H3,(H,33,37)/i4D2. The molecule has 2 amide bonds. The molecule has 11 heteroatoms. The van der Waals surface area contributed by atoms with E-state index < -0.39 is 22.5 Å². The molecule has 3 aromatic rings. The molecule has 1 saturated carbocycles. The quantitative estimate of drug-likeness (QED) is 0.468. The average Bonchev–Trinajstić information content (AvgIpc) is 3.21. The lowest BCUT2D eigenvalue weighted by molar-refractivity contribution is -0.126. The molecule has 2 aromatic carbocycles. The van der Waals surface area contributed by atoms with Crippen LogP contribution in [0.15, 0.2) is 42.0 Å². The number of likely N-dealkylation sites (N-methyl/N-ethyl adjacent to an activating group) is 2. The van der Waals surface area contributed by atoms with Gasteiger partial charge in [0, 0.05) is 57.5 Å². The van der Waals surface area contributed by atoms with Gasteiger partial charge >= 0.3 is 10.2 Å². The topological polar surface area (TPSA) is 110 Å². The number of hydrogen-bond donors (Lipinski definition) is 1. The summed E-state index contributed by atoms with van der Waals surface area (Å²) in [5, 5.41) is 0.893. The van der Waals surface area contributed by atoms with Gasteiger partial charge in [-0.2, -0.15) is 12.7 Å². The second kappa shape index (κ2) is 11.8. The number of methoxy groups -OCH3 is 1. The molecule has 2 aliphatic heterocycles. The molecule has 1 fully saturated rings. The van der Waals surface area contributed by atoms with E-state index in [9.17, 15) is 18.0 Å². The molecule has 1 N–H and O–H groups in total. The summed E-state index contributed by atoms with van der Waals surface area (Å²) in [6.07, 6.45) is 2.83. The van der Waals surface area contributed by atoms with Crippen molar-refractivity contribution in [3.63, 3.8) is 0 Å². The first-order chi connectivity index (χ1) is 21.4. The zero-order valence-corrected chi connectivity index (χ0v) is 25.5. The van der Waals surface area contributed by atoms with Crippen molar-refractivity contribution in [1.29, 1.82) is 0 Å². The molecule has 0 spiro atoms. The van der Waals surface area contributed by atoms with E-state index in [2.05, 4.69) is 9.29 Å². The minimum absolute atomic E-state index is 0.0258. The maximum atomic E-state index is 13.9. The summed E-state index contributed by atoms with van der Waals surface area (Å²) < 4.78 is 59.0. The maximum Gasteiger partial charge on any atom is 0.303 e. The zero-order chi connectivity index (χ0) is 32.1. The first-order valence-corrected chi connectivity index (χ1v) is 16.0. The predicted molar refractivity (Wildman–Crippen MR) is 165 cm³/mol. The van der Waals surface area contributed by atoms with E-state index in [1.54, 1.807) is 31.2 Å². The van der Waals surface area contributed by atoms with Crippen LogP contribution in [-0.2, 0) is 26.3 Å². The number of fused-ring (bicyclic) bond motifs is 4. The van der Waals surface area contributed by atoms with Crippen LogP contribution in [0.2, 0.25) is 0 Å². The highest BCUT2D eigenvalue weighted by molar-refractivity contribution is 7.87. The van der Waals surface area contributed by atoms with Crippen LogP contribution in [0.4, 0.5) is 0 Å². The Kier molecular flexibility index (Phi) is 7.38. The molecule has 4 bridgehead atoms. The molecule has 0 saturated heterocycles. The van der Waals surface area contributed by atoms with E-state index >= 15 is 0 Å². The SMILES string of the molecule is [2H]C1([2H])CCC(c2c3n4c5cc(ccc25)C(=O)NS(=O)(=O)N(C)CCOCCN(C)C(=O)C(=Cc2cc(OC)ccc2-3)C4)CC1. The summed E-state index contributed by atoms with van der Waals surface area (Å²) in [5.41, 5.74) is 5.07. The number of rotatable bonds is 2. The van der Waals surface area contributed by atoms with E-state index in [0.717, 1.165) is 32.1 Å². The minimum atomic E-state index is -4.13. The molecule has 3 heterocycles. The Morgan fingerprint density at radius 1 is 1.05 bits per heavy atom. The molecule has 10 nitrogen and oxygen atoms in total. The van der Waals surface area contributed by atoms with E-state index in [-0.39, 0.29) is 43.7 Å². The molecule has 3 aliphatic rings. The smallest absolute Gasteiger partial charge is 0.303 e. The monoisotopic (exact) mass is 608 g/mol. The molecule has 0 atom stereocenters. The molecule has 228 valence electrons. The third-order valence-corrected chi connectivity index (χ3v) is 10.1. The van der Waals surface area contributed by atoms with Gasteiger partial charge in [-0.05, 0) is 66.3 Å². The highest BCUT2D eigenvalue weighted by Crippen LogP contribution is 2.47. The number of carbonyl (C=O) groups excluding carboxylic acids is 2. The lowest BCUT2D eigenvalue weighted by atomic mass is 9.81. The first-order valence-electron chi connectivity index (χ1n) is 15.6. The summed E-state index contributed by atoms with van der Waals surface area (Å²) in [5.74, 6) is -0.240. The maximum absolute atomic E-state index is 13.9. The van der Waals surface area contributed by atoms with Crippen LogP contribution >= 0.6 is 0 Å². The largest absolute Gasteiger partial charge is 0.497 e. The van der Waals surface area contributed by atoms with Crippen molar-refractivity contribution in [1.82, 2.24) is 18.5 Å². The zero-order valence-electron chi connectivity index (χ0n) is 26.7.